The number of benzene rings is 1. The molecule has 1 amide bonds. The van der Waals surface area contributed by atoms with Crippen LogP contribution in [-0.2, 0) is 0 Å². The van der Waals surface area contributed by atoms with Gasteiger partial charge < -0.3 is 14.8 Å². The summed E-state index contributed by atoms with van der Waals surface area (Å²) in [6.45, 7) is 1.96. The van der Waals surface area contributed by atoms with Gasteiger partial charge in [0.05, 0.1) is 0 Å². The average Bonchev–Trinajstić information content (AvgIpc) is 2.97. The minimum absolute atomic E-state index is 0.0256. The molecular formula is C16H18FNO3. The largest absolute Gasteiger partial charge is 0.451 e. The lowest BCUT2D eigenvalue weighted by Crippen LogP contribution is -2.34. The van der Waals surface area contributed by atoms with Crippen LogP contribution in [0.15, 0.2) is 40.8 Å². The third-order valence-corrected chi connectivity index (χ3v) is 3.26. The monoisotopic (exact) mass is 291 g/mol. The highest BCUT2D eigenvalue weighted by molar-refractivity contribution is 5.92. The molecule has 1 aromatic heterocycles. The Morgan fingerprint density at radius 3 is 2.62 bits per heavy atom. The van der Waals surface area contributed by atoms with Crippen molar-refractivity contribution in [3.8, 4) is 11.3 Å². The number of halogens is 1. The molecule has 21 heavy (non-hydrogen) atoms. The lowest BCUT2D eigenvalue weighted by Gasteiger charge is -2.14. The Bertz CT molecular complexity index is 592. The molecular weight excluding hydrogens is 273 g/mol. The number of aliphatic hydroxyl groups is 1. The van der Waals surface area contributed by atoms with E-state index >= 15 is 0 Å². The first-order chi connectivity index (χ1) is 10.1. The van der Waals surface area contributed by atoms with Gasteiger partial charge in [-0.2, -0.15) is 0 Å². The van der Waals surface area contributed by atoms with Crippen LogP contribution in [0.4, 0.5) is 4.39 Å². The zero-order chi connectivity index (χ0) is 15.2. The maximum absolute atomic E-state index is 12.9. The van der Waals surface area contributed by atoms with Gasteiger partial charge in [-0.1, -0.05) is 6.92 Å². The van der Waals surface area contributed by atoms with E-state index in [2.05, 4.69) is 5.32 Å². The van der Waals surface area contributed by atoms with Crippen molar-refractivity contribution in [2.45, 2.75) is 25.8 Å². The van der Waals surface area contributed by atoms with Crippen LogP contribution in [0.25, 0.3) is 11.3 Å². The molecule has 1 aromatic carbocycles. The predicted molar refractivity (Wildman–Crippen MR) is 77.4 cm³/mol. The van der Waals surface area contributed by atoms with E-state index < -0.39 is 0 Å². The smallest absolute Gasteiger partial charge is 0.287 e. The SMILES string of the molecule is CCC(CCO)NC(=O)c1ccc(-c2ccc(F)cc2)o1. The lowest BCUT2D eigenvalue weighted by molar-refractivity contribution is 0.0902. The molecule has 0 fully saturated rings. The summed E-state index contributed by atoms with van der Waals surface area (Å²) >= 11 is 0. The van der Waals surface area contributed by atoms with Crippen molar-refractivity contribution in [3.05, 3.63) is 48.0 Å². The predicted octanol–water partition coefficient (Wildman–Crippen LogP) is 2.98. The summed E-state index contributed by atoms with van der Waals surface area (Å²) in [4.78, 5) is 12.0. The second-order valence-corrected chi connectivity index (χ2v) is 4.76. The van der Waals surface area contributed by atoms with Crippen LogP contribution in [0, 0.1) is 5.82 Å². The number of rotatable bonds is 6. The first-order valence-corrected chi connectivity index (χ1v) is 6.91. The average molecular weight is 291 g/mol. The highest BCUT2D eigenvalue weighted by Gasteiger charge is 2.15. The number of aliphatic hydroxyl groups excluding tert-OH is 1. The minimum Gasteiger partial charge on any atom is -0.451 e. The van der Waals surface area contributed by atoms with E-state index in [9.17, 15) is 9.18 Å². The molecule has 1 unspecified atom stereocenters. The fourth-order valence-electron chi connectivity index (χ4n) is 2.02. The van der Waals surface area contributed by atoms with Gasteiger partial charge in [0, 0.05) is 18.2 Å². The summed E-state index contributed by atoms with van der Waals surface area (Å²) in [5.41, 5.74) is 0.706. The van der Waals surface area contributed by atoms with E-state index in [1.807, 2.05) is 6.92 Å². The maximum Gasteiger partial charge on any atom is 0.287 e. The van der Waals surface area contributed by atoms with E-state index in [1.54, 1.807) is 24.3 Å². The molecule has 0 bridgehead atoms. The van der Waals surface area contributed by atoms with Crippen LogP contribution in [-0.4, -0.2) is 23.7 Å². The van der Waals surface area contributed by atoms with Crippen LogP contribution >= 0.6 is 0 Å². The molecule has 112 valence electrons. The molecule has 0 spiro atoms. The fourth-order valence-corrected chi connectivity index (χ4v) is 2.02. The molecule has 1 atom stereocenters. The molecule has 0 aliphatic heterocycles. The zero-order valence-corrected chi connectivity index (χ0v) is 11.8. The van der Waals surface area contributed by atoms with Gasteiger partial charge in [-0.3, -0.25) is 4.79 Å². The Kier molecular flexibility index (Phi) is 5.11. The third-order valence-electron chi connectivity index (χ3n) is 3.26. The number of carbonyl (C=O) groups excluding carboxylic acids is 1. The van der Waals surface area contributed by atoms with Gasteiger partial charge in [0.25, 0.3) is 5.91 Å². The number of nitrogens with one attached hydrogen (secondary N) is 1. The Labute approximate surface area is 122 Å². The van der Waals surface area contributed by atoms with Crippen LogP contribution in [0.1, 0.15) is 30.3 Å². The fraction of sp³-hybridized carbons (Fsp3) is 0.312. The van der Waals surface area contributed by atoms with Crippen LogP contribution < -0.4 is 5.32 Å². The van der Waals surface area contributed by atoms with E-state index in [0.29, 0.717) is 17.7 Å². The van der Waals surface area contributed by atoms with Gasteiger partial charge in [0.1, 0.15) is 11.6 Å². The Morgan fingerprint density at radius 1 is 1.29 bits per heavy atom. The van der Waals surface area contributed by atoms with Crippen LogP contribution in [0.5, 0.6) is 0 Å². The Balaban J connectivity index is 2.08. The number of hydrogen-bond donors (Lipinski definition) is 2. The maximum atomic E-state index is 12.9. The third kappa shape index (κ3) is 3.92. The zero-order valence-electron chi connectivity index (χ0n) is 11.8. The molecule has 2 rings (SSSR count). The Morgan fingerprint density at radius 2 is 2.00 bits per heavy atom. The molecule has 0 saturated carbocycles. The van der Waals surface area contributed by atoms with Crippen molar-refractivity contribution >= 4 is 5.91 Å². The topological polar surface area (TPSA) is 62.5 Å². The molecule has 0 radical (unpaired) electrons. The van der Waals surface area contributed by atoms with E-state index in [1.165, 1.54) is 12.1 Å². The quantitative estimate of drug-likeness (QED) is 0.860. The Hall–Kier alpha value is -2.14. The molecule has 0 saturated heterocycles. The summed E-state index contributed by atoms with van der Waals surface area (Å²) < 4.78 is 18.4. The first-order valence-electron chi connectivity index (χ1n) is 6.91. The summed E-state index contributed by atoms with van der Waals surface area (Å²) in [5.74, 6) is 0.0720. The van der Waals surface area contributed by atoms with Gasteiger partial charge in [0.2, 0.25) is 0 Å². The van der Waals surface area contributed by atoms with Crippen molar-refractivity contribution in [2.24, 2.45) is 0 Å². The first kappa shape index (κ1) is 15.3. The highest BCUT2D eigenvalue weighted by Crippen LogP contribution is 2.22. The van der Waals surface area contributed by atoms with Gasteiger partial charge in [0.15, 0.2) is 5.76 Å². The van der Waals surface area contributed by atoms with Gasteiger partial charge in [-0.15, -0.1) is 0 Å². The molecule has 0 aliphatic carbocycles. The summed E-state index contributed by atoms with van der Waals surface area (Å²) in [5, 5.41) is 11.7. The minimum atomic E-state index is -0.321. The number of amides is 1. The van der Waals surface area contributed by atoms with Crippen LogP contribution in [0.2, 0.25) is 0 Å². The van der Waals surface area contributed by atoms with Crippen molar-refractivity contribution in [1.82, 2.24) is 5.32 Å². The standard InChI is InChI=1S/C16H18FNO3/c1-2-13(9-10-19)18-16(20)15-8-7-14(21-15)11-3-5-12(17)6-4-11/h3-8,13,19H,2,9-10H2,1H3,(H,18,20). The van der Waals surface area contributed by atoms with E-state index in [-0.39, 0.29) is 30.1 Å². The number of furan rings is 1. The van der Waals surface area contributed by atoms with Gasteiger partial charge >= 0.3 is 0 Å². The summed E-state index contributed by atoms with van der Waals surface area (Å²) in [6, 6.07) is 9.04. The van der Waals surface area contributed by atoms with E-state index in [4.69, 9.17) is 9.52 Å². The lowest BCUT2D eigenvalue weighted by atomic mass is 10.1. The van der Waals surface area contributed by atoms with Crippen molar-refractivity contribution in [1.29, 1.82) is 0 Å². The van der Waals surface area contributed by atoms with Gasteiger partial charge in [-0.25, -0.2) is 4.39 Å². The van der Waals surface area contributed by atoms with E-state index in [0.717, 1.165) is 6.42 Å². The highest BCUT2D eigenvalue weighted by atomic mass is 19.1. The van der Waals surface area contributed by atoms with Crippen molar-refractivity contribution < 1.29 is 18.7 Å². The second-order valence-electron chi connectivity index (χ2n) is 4.76. The number of hydrogen-bond acceptors (Lipinski definition) is 3. The molecule has 0 aliphatic rings. The summed E-state index contributed by atoms with van der Waals surface area (Å²) in [7, 11) is 0. The molecule has 2 N–H and O–H groups in total. The van der Waals surface area contributed by atoms with Crippen molar-refractivity contribution in [3.63, 3.8) is 0 Å². The molecule has 4 nitrogen and oxygen atoms in total. The molecule has 1 heterocycles. The van der Waals surface area contributed by atoms with Crippen molar-refractivity contribution in [2.75, 3.05) is 6.61 Å². The number of carbonyl (C=O) groups is 1. The molecule has 2 aromatic rings. The normalized spacial score (nSPS) is 12.1. The van der Waals surface area contributed by atoms with Crippen LogP contribution in [0.3, 0.4) is 0 Å². The summed E-state index contributed by atoms with van der Waals surface area (Å²) in [6.07, 6.45) is 1.24. The van der Waals surface area contributed by atoms with Gasteiger partial charge in [-0.05, 0) is 49.2 Å². The second kappa shape index (κ2) is 7.04. The molecule has 5 heteroatoms.